The van der Waals surface area contributed by atoms with Gasteiger partial charge in [-0.05, 0) is 19.2 Å². The lowest BCUT2D eigenvalue weighted by molar-refractivity contribution is 0.0979. The number of ether oxygens (including phenoxy) is 1. The largest absolute Gasteiger partial charge is 0.492 e. The number of likely N-dealkylation sites (N-methyl/N-ethyl adjacent to an activating group) is 1. The number of para-hydroxylation sites is 1. The van der Waals surface area contributed by atoms with Gasteiger partial charge in [-0.1, -0.05) is 18.2 Å². The lowest BCUT2D eigenvalue weighted by atomic mass is 10.3. The molecule has 1 N–H and O–H groups in total. The summed E-state index contributed by atoms with van der Waals surface area (Å²) < 4.78 is 5.62. The highest BCUT2D eigenvalue weighted by atomic mass is 16.5. The highest BCUT2D eigenvalue weighted by molar-refractivity contribution is 5.20. The number of hydrogen-bond acceptors (Lipinski definition) is 4. The molecule has 1 heterocycles. The second-order valence-electron chi connectivity index (χ2n) is 4.36. The van der Waals surface area contributed by atoms with Crippen LogP contribution in [-0.4, -0.2) is 56.3 Å². The smallest absolute Gasteiger partial charge is 0.119 e. The molecule has 94 valence electrons. The molecule has 1 aromatic carbocycles. The van der Waals surface area contributed by atoms with Crippen molar-refractivity contribution in [1.29, 1.82) is 0 Å². The first-order valence-electron chi connectivity index (χ1n) is 6.19. The Bertz CT molecular complexity index is 310. The summed E-state index contributed by atoms with van der Waals surface area (Å²) in [7, 11) is 2.16. The monoisotopic (exact) mass is 235 g/mol. The van der Waals surface area contributed by atoms with Crippen molar-refractivity contribution in [2.75, 3.05) is 46.4 Å². The van der Waals surface area contributed by atoms with Gasteiger partial charge in [0.1, 0.15) is 12.4 Å². The molecule has 4 nitrogen and oxygen atoms in total. The Balaban J connectivity index is 1.57. The zero-order chi connectivity index (χ0) is 11.9. The van der Waals surface area contributed by atoms with Gasteiger partial charge in [-0.15, -0.1) is 0 Å². The van der Waals surface area contributed by atoms with E-state index in [1.807, 2.05) is 30.3 Å². The number of rotatable bonds is 5. The van der Waals surface area contributed by atoms with Gasteiger partial charge < -0.3 is 9.64 Å². The minimum Gasteiger partial charge on any atom is -0.492 e. The quantitative estimate of drug-likeness (QED) is 0.765. The molecule has 0 bridgehead atoms. The summed E-state index contributed by atoms with van der Waals surface area (Å²) in [6, 6.07) is 9.94. The van der Waals surface area contributed by atoms with Crippen LogP contribution in [0.4, 0.5) is 0 Å². The van der Waals surface area contributed by atoms with Crippen LogP contribution < -0.4 is 10.2 Å². The lowest BCUT2D eigenvalue weighted by Gasteiger charge is -2.32. The highest BCUT2D eigenvalue weighted by Gasteiger charge is 2.12. The van der Waals surface area contributed by atoms with Crippen LogP contribution in [0.5, 0.6) is 5.75 Å². The molecule has 1 aromatic rings. The minimum absolute atomic E-state index is 0.705. The van der Waals surface area contributed by atoms with Crippen molar-refractivity contribution in [1.82, 2.24) is 15.3 Å². The Morgan fingerprint density at radius 1 is 1.12 bits per heavy atom. The second-order valence-corrected chi connectivity index (χ2v) is 4.36. The van der Waals surface area contributed by atoms with Gasteiger partial charge in [-0.3, -0.25) is 5.43 Å². The second kappa shape index (κ2) is 6.59. The fraction of sp³-hybridized carbons (Fsp3) is 0.538. The summed E-state index contributed by atoms with van der Waals surface area (Å²) in [5.74, 6) is 0.938. The summed E-state index contributed by atoms with van der Waals surface area (Å²) in [5, 5.41) is 2.27. The summed E-state index contributed by atoms with van der Waals surface area (Å²) >= 11 is 0. The van der Waals surface area contributed by atoms with Crippen molar-refractivity contribution in [2.24, 2.45) is 0 Å². The van der Waals surface area contributed by atoms with E-state index >= 15 is 0 Å². The predicted octanol–water partition coefficient (Wildman–Crippen LogP) is 0.817. The first kappa shape index (κ1) is 12.4. The van der Waals surface area contributed by atoms with Gasteiger partial charge in [0.2, 0.25) is 0 Å². The Morgan fingerprint density at radius 2 is 1.82 bits per heavy atom. The third kappa shape index (κ3) is 4.34. The van der Waals surface area contributed by atoms with E-state index in [0.717, 1.165) is 38.5 Å². The van der Waals surface area contributed by atoms with Crippen molar-refractivity contribution in [2.45, 2.75) is 0 Å². The van der Waals surface area contributed by atoms with Gasteiger partial charge in [0.05, 0.1) is 0 Å². The van der Waals surface area contributed by atoms with Crippen molar-refractivity contribution in [3.05, 3.63) is 30.3 Å². The van der Waals surface area contributed by atoms with Crippen LogP contribution in [0.3, 0.4) is 0 Å². The van der Waals surface area contributed by atoms with E-state index in [4.69, 9.17) is 4.74 Å². The van der Waals surface area contributed by atoms with Crippen molar-refractivity contribution >= 4 is 0 Å². The van der Waals surface area contributed by atoms with Crippen LogP contribution in [-0.2, 0) is 0 Å². The van der Waals surface area contributed by atoms with Crippen LogP contribution in [0.25, 0.3) is 0 Å². The number of benzene rings is 1. The minimum atomic E-state index is 0.705. The molecular formula is C13H21N3O. The molecule has 2 rings (SSSR count). The van der Waals surface area contributed by atoms with E-state index in [1.54, 1.807) is 0 Å². The van der Waals surface area contributed by atoms with Crippen LogP contribution in [0.1, 0.15) is 0 Å². The molecule has 0 atom stereocenters. The average Bonchev–Trinajstić information content (AvgIpc) is 2.38. The summed E-state index contributed by atoms with van der Waals surface area (Å²) in [6.45, 7) is 6.00. The fourth-order valence-electron chi connectivity index (χ4n) is 1.85. The van der Waals surface area contributed by atoms with Gasteiger partial charge in [0.25, 0.3) is 0 Å². The molecule has 1 aliphatic rings. The number of nitrogens with one attached hydrogen (secondary N) is 1. The van der Waals surface area contributed by atoms with E-state index in [9.17, 15) is 0 Å². The molecule has 1 aliphatic heterocycles. The summed E-state index contributed by atoms with van der Waals surface area (Å²) in [6.07, 6.45) is 0. The van der Waals surface area contributed by atoms with Gasteiger partial charge >= 0.3 is 0 Å². The van der Waals surface area contributed by atoms with Crippen molar-refractivity contribution in [3.63, 3.8) is 0 Å². The van der Waals surface area contributed by atoms with E-state index in [-0.39, 0.29) is 0 Å². The summed E-state index contributed by atoms with van der Waals surface area (Å²) in [4.78, 5) is 2.35. The zero-order valence-electron chi connectivity index (χ0n) is 10.4. The number of piperazine rings is 1. The average molecular weight is 235 g/mol. The lowest BCUT2D eigenvalue weighted by Crippen LogP contribution is -2.51. The van der Waals surface area contributed by atoms with Crippen molar-refractivity contribution < 1.29 is 4.74 Å². The maximum Gasteiger partial charge on any atom is 0.119 e. The first-order valence-corrected chi connectivity index (χ1v) is 6.19. The third-order valence-electron chi connectivity index (χ3n) is 2.95. The molecule has 1 fully saturated rings. The molecule has 0 amide bonds. The number of hydrazine groups is 1. The topological polar surface area (TPSA) is 27.7 Å². The molecule has 0 spiro atoms. The van der Waals surface area contributed by atoms with E-state index in [1.165, 1.54) is 0 Å². The molecule has 0 saturated carbocycles. The number of nitrogens with zero attached hydrogens (tertiary/aromatic N) is 2. The Labute approximate surface area is 103 Å². The Kier molecular flexibility index (Phi) is 4.79. The normalized spacial score (nSPS) is 18.2. The van der Waals surface area contributed by atoms with Crippen LogP contribution >= 0.6 is 0 Å². The Morgan fingerprint density at radius 3 is 2.53 bits per heavy atom. The maximum absolute atomic E-state index is 5.62. The molecule has 4 heteroatoms. The molecule has 0 radical (unpaired) electrons. The fourth-order valence-corrected chi connectivity index (χ4v) is 1.85. The molecule has 17 heavy (non-hydrogen) atoms. The standard InChI is InChI=1S/C13H21N3O/c1-15-8-10-16(11-9-15)14-7-12-17-13-5-3-2-4-6-13/h2-6,14H,7-12H2,1H3. The SMILES string of the molecule is CN1CCN(NCCOc2ccccc2)CC1. The van der Waals surface area contributed by atoms with Gasteiger partial charge in [-0.25, -0.2) is 5.01 Å². The van der Waals surface area contributed by atoms with Gasteiger partial charge in [0.15, 0.2) is 0 Å². The van der Waals surface area contributed by atoms with Crippen LogP contribution in [0, 0.1) is 0 Å². The molecular weight excluding hydrogens is 214 g/mol. The Hall–Kier alpha value is -1.10. The first-order chi connectivity index (χ1) is 8.34. The third-order valence-corrected chi connectivity index (χ3v) is 2.95. The maximum atomic E-state index is 5.62. The number of hydrogen-bond donors (Lipinski definition) is 1. The van der Waals surface area contributed by atoms with E-state index in [0.29, 0.717) is 6.61 Å². The molecule has 0 unspecified atom stereocenters. The van der Waals surface area contributed by atoms with Gasteiger partial charge in [-0.2, -0.15) is 0 Å². The highest BCUT2D eigenvalue weighted by Crippen LogP contribution is 2.07. The summed E-state index contributed by atoms with van der Waals surface area (Å²) in [5.41, 5.74) is 3.39. The molecule has 1 saturated heterocycles. The predicted molar refractivity (Wildman–Crippen MR) is 69.0 cm³/mol. The van der Waals surface area contributed by atoms with Crippen molar-refractivity contribution in [3.8, 4) is 5.75 Å². The van der Waals surface area contributed by atoms with Gasteiger partial charge in [0, 0.05) is 32.7 Å². The van der Waals surface area contributed by atoms with Crippen LogP contribution in [0.2, 0.25) is 0 Å². The van der Waals surface area contributed by atoms with E-state index in [2.05, 4.69) is 22.4 Å². The molecule has 0 aliphatic carbocycles. The molecule has 0 aromatic heterocycles. The van der Waals surface area contributed by atoms with E-state index < -0.39 is 0 Å². The van der Waals surface area contributed by atoms with Crippen LogP contribution in [0.15, 0.2) is 30.3 Å². The zero-order valence-corrected chi connectivity index (χ0v) is 10.4.